The number of carbonyl (C=O) groups is 1. The van der Waals surface area contributed by atoms with Crippen molar-refractivity contribution in [3.8, 4) is 11.4 Å². The molecule has 12 nitrogen and oxygen atoms in total. The molecule has 0 saturated carbocycles. The molecule has 1 saturated heterocycles. The van der Waals surface area contributed by atoms with Gasteiger partial charge in [-0.2, -0.15) is 5.10 Å². The fraction of sp³-hybridized carbons (Fsp3) is 0.526. The van der Waals surface area contributed by atoms with Crippen molar-refractivity contribution in [3.05, 3.63) is 17.7 Å². The van der Waals surface area contributed by atoms with Gasteiger partial charge in [0.05, 0.1) is 17.6 Å². The van der Waals surface area contributed by atoms with E-state index in [1.807, 2.05) is 20.9 Å². The Labute approximate surface area is 178 Å². The lowest BCUT2D eigenvalue weighted by Crippen LogP contribution is -2.42. The molecule has 0 aliphatic carbocycles. The van der Waals surface area contributed by atoms with Gasteiger partial charge in [0, 0.05) is 26.3 Å². The van der Waals surface area contributed by atoms with E-state index in [0.29, 0.717) is 29.4 Å². The summed E-state index contributed by atoms with van der Waals surface area (Å²) in [6, 6.07) is 0. The van der Waals surface area contributed by atoms with E-state index in [4.69, 9.17) is 4.74 Å². The Morgan fingerprint density at radius 2 is 2.00 bits per heavy atom. The number of aliphatic hydroxyl groups is 2. The summed E-state index contributed by atoms with van der Waals surface area (Å²) in [6.45, 7) is 5.95. The minimum atomic E-state index is -1.39. The quantitative estimate of drug-likeness (QED) is 0.425. The number of nitrogens with one attached hydrogen (secondary N) is 2. The normalized spacial score (nSPS) is 23.5. The third-order valence-electron chi connectivity index (χ3n) is 5.51. The molecule has 0 unspecified atom stereocenters. The average molecular weight is 430 g/mol. The number of imidazole rings is 1. The fourth-order valence-corrected chi connectivity index (χ4v) is 3.87. The van der Waals surface area contributed by atoms with Gasteiger partial charge in [-0.15, -0.1) is 0 Å². The second-order valence-corrected chi connectivity index (χ2v) is 7.46. The van der Waals surface area contributed by atoms with Crippen LogP contribution in [0.3, 0.4) is 0 Å². The van der Waals surface area contributed by atoms with E-state index in [-0.39, 0.29) is 0 Å². The van der Waals surface area contributed by atoms with Gasteiger partial charge < -0.3 is 25.6 Å². The van der Waals surface area contributed by atoms with E-state index in [0.717, 1.165) is 17.0 Å². The molecule has 4 heterocycles. The number of aryl methyl sites for hydroxylation is 2. The molecule has 166 valence electrons. The number of aromatic nitrogens is 6. The van der Waals surface area contributed by atoms with Crippen LogP contribution in [0.15, 0.2) is 6.33 Å². The topological polar surface area (TPSA) is 152 Å². The lowest BCUT2D eigenvalue weighted by molar-refractivity contribution is -0.137. The molecule has 4 N–H and O–H groups in total. The number of nitrogens with zero attached hydrogens (tertiary/aromatic N) is 6. The summed E-state index contributed by atoms with van der Waals surface area (Å²) in [5, 5.41) is 31.0. The number of fused-ring (bicyclic) bond motifs is 1. The summed E-state index contributed by atoms with van der Waals surface area (Å²) in [6.07, 6.45) is -3.53. The van der Waals surface area contributed by atoms with Gasteiger partial charge in [0.15, 0.2) is 35.1 Å². The van der Waals surface area contributed by atoms with Crippen molar-refractivity contribution in [3.63, 3.8) is 0 Å². The highest BCUT2D eigenvalue weighted by molar-refractivity contribution is 5.86. The number of hydrogen-bond donors (Lipinski definition) is 4. The van der Waals surface area contributed by atoms with E-state index in [9.17, 15) is 15.0 Å². The fourth-order valence-electron chi connectivity index (χ4n) is 3.87. The number of ether oxygens (including phenoxy) is 1. The summed E-state index contributed by atoms with van der Waals surface area (Å²) in [5.74, 6) is 0.443. The highest BCUT2D eigenvalue weighted by Gasteiger charge is 2.47. The van der Waals surface area contributed by atoms with E-state index in [2.05, 4.69) is 30.7 Å². The monoisotopic (exact) mass is 430 g/mol. The van der Waals surface area contributed by atoms with Crippen molar-refractivity contribution < 1.29 is 19.7 Å². The minimum Gasteiger partial charge on any atom is -0.387 e. The Hall–Kier alpha value is -3.09. The molecule has 1 aliphatic heterocycles. The summed E-state index contributed by atoms with van der Waals surface area (Å²) in [4.78, 5) is 25.9. The van der Waals surface area contributed by atoms with Crippen molar-refractivity contribution >= 4 is 22.9 Å². The number of aliphatic hydroxyl groups excluding tert-OH is 2. The first-order valence-corrected chi connectivity index (χ1v) is 10.0. The van der Waals surface area contributed by atoms with Crippen molar-refractivity contribution in [2.45, 2.75) is 45.3 Å². The van der Waals surface area contributed by atoms with Crippen molar-refractivity contribution in [1.82, 2.24) is 34.6 Å². The van der Waals surface area contributed by atoms with Gasteiger partial charge in [0.2, 0.25) is 0 Å². The summed E-state index contributed by atoms with van der Waals surface area (Å²) < 4.78 is 9.00. The van der Waals surface area contributed by atoms with Gasteiger partial charge in [0.25, 0.3) is 5.91 Å². The molecule has 4 atom stereocenters. The van der Waals surface area contributed by atoms with Gasteiger partial charge in [-0.1, -0.05) is 0 Å². The highest BCUT2D eigenvalue weighted by Crippen LogP contribution is 2.34. The van der Waals surface area contributed by atoms with Crippen LogP contribution in [0.25, 0.3) is 22.6 Å². The first kappa shape index (κ1) is 21.2. The largest absolute Gasteiger partial charge is 0.387 e. The van der Waals surface area contributed by atoms with Gasteiger partial charge in [-0.25, -0.2) is 15.0 Å². The first-order chi connectivity index (χ1) is 14.8. The minimum absolute atomic E-state index is 0.381. The second kappa shape index (κ2) is 7.87. The van der Waals surface area contributed by atoms with Crippen LogP contribution >= 0.6 is 0 Å². The molecule has 0 radical (unpaired) electrons. The molecule has 1 amide bonds. The van der Waals surface area contributed by atoms with Crippen LogP contribution in [0.1, 0.15) is 24.5 Å². The Balaban J connectivity index is 1.82. The van der Waals surface area contributed by atoms with Gasteiger partial charge in [-0.05, 0) is 20.8 Å². The predicted molar refractivity (Wildman–Crippen MR) is 111 cm³/mol. The van der Waals surface area contributed by atoms with Crippen LogP contribution in [0.4, 0.5) is 5.82 Å². The number of anilines is 1. The molecule has 3 aromatic heterocycles. The summed E-state index contributed by atoms with van der Waals surface area (Å²) >= 11 is 0. The van der Waals surface area contributed by atoms with E-state index < -0.39 is 30.4 Å². The van der Waals surface area contributed by atoms with Crippen molar-refractivity contribution in [2.75, 3.05) is 18.9 Å². The van der Waals surface area contributed by atoms with Crippen LogP contribution in [0, 0.1) is 13.8 Å². The van der Waals surface area contributed by atoms with Crippen molar-refractivity contribution in [1.29, 1.82) is 0 Å². The van der Waals surface area contributed by atoms with Crippen LogP contribution < -0.4 is 10.6 Å². The maximum atomic E-state index is 12.2. The molecule has 12 heteroatoms. The second-order valence-electron chi connectivity index (χ2n) is 7.46. The van der Waals surface area contributed by atoms with Crippen LogP contribution in [-0.4, -0.2) is 77.3 Å². The molecule has 1 aliphatic rings. The van der Waals surface area contributed by atoms with E-state index >= 15 is 0 Å². The lowest BCUT2D eigenvalue weighted by atomic mass is 10.1. The number of rotatable bonds is 5. The van der Waals surface area contributed by atoms with E-state index in [1.165, 1.54) is 10.9 Å². The molecule has 4 rings (SSSR count). The Morgan fingerprint density at radius 3 is 2.61 bits per heavy atom. The Morgan fingerprint density at radius 1 is 1.26 bits per heavy atom. The molecular formula is C19H26N8O4. The highest BCUT2D eigenvalue weighted by atomic mass is 16.6. The molecule has 0 spiro atoms. The smallest absolute Gasteiger partial charge is 0.252 e. The van der Waals surface area contributed by atoms with Crippen LogP contribution in [0.2, 0.25) is 0 Å². The van der Waals surface area contributed by atoms with Crippen molar-refractivity contribution in [2.24, 2.45) is 7.05 Å². The number of carbonyl (C=O) groups excluding carboxylic acids is 1. The molecule has 31 heavy (non-hydrogen) atoms. The zero-order valence-corrected chi connectivity index (χ0v) is 18.0. The number of likely N-dealkylation sites (N-methyl/N-ethyl adjacent to an activating group) is 1. The Kier molecular flexibility index (Phi) is 5.37. The third kappa shape index (κ3) is 3.32. The maximum Gasteiger partial charge on any atom is 0.252 e. The van der Waals surface area contributed by atoms with Crippen LogP contribution in [0.5, 0.6) is 0 Å². The standard InChI is InChI=1S/C19H26N8O4/c1-6-21-18(30)14-12(28)13(29)19(31-14)27-7-22-11-16(20-4)23-15(24-17(11)27)10-8(2)25-26(5)9(10)3/h7,12-14,19,28-29H,6H2,1-5H3,(H,21,30)(H,20,23,24)/t12-,13+,14-,19+/m0/s1. The number of amides is 1. The molecular weight excluding hydrogens is 404 g/mol. The first-order valence-electron chi connectivity index (χ1n) is 10.0. The summed E-state index contributed by atoms with van der Waals surface area (Å²) in [5.41, 5.74) is 3.33. The predicted octanol–water partition coefficient (Wildman–Crippen LogP) is -0.359. The van der Waals surface area contributed by atoms with Crippen LogP contribution in [-0.2, 0) is 16.6 Å². The van der Waals surface area contributed by atoms with Gasteiger partial charge in [-0.3, -0.25) is 14.0 Å². The average Bonchev–Trinajstić information content (AvgIpc) is 3.36. The number of hydrogen-bond acceptors (Lipinski definition) is 9. The zero-order valence-electron chi connectivity index (χ0n) is 18.0. The molecule has 3 aromatic rings. The molecule has 0 aromatic carbocycles. The van der Waals surface area contributed by atoms with Gasteiger partial charge >= 0.3 is 0 Å². The van der Waals surface area contributed by atoms with E-state index in [1.54, 1.807) is 18.7 Å². The van der Waals surface area contributed by atoms with Gasteiger partial charge in [0.1, 0.15) is 12.2 Å². The lowest BCUT2D eigenvalue weighted by Gasteiger charge is -2.17. The Bertz CT molecular complexity index is 1140. The third-order valence-corrected chi connectivity index (χ3v) is 5.51. The maximum absolute atomic E-state index is 12.2. The zero-order chi connectivity index (χ0) is 22.4. The summed E-state index contributed by atoms with van der Waals surface area (Å²) in [7, 11) is 3.57. The SMILES string of the molecule is CCNC(=O)[C@H]1O[C@@H](n2cnc3c(NC)nc(-c4c(C)nn(C)c4C)nc32)[C@H](O)[C@@H]1O. The molecule has 1 fully saturated rings. The molecule has 0 bridgehead atoms.